The van der Waals surface area contributed by atoms with Crippen LogP contribution in [0, 0.1) is 11.6 Å². The van der Waals surface area contributed by atoms with Crippen LogP contribution < -0.4 is 9.62 Å². The second-order valence-corrected chi connectivity index (χ2v) is 9.90. The molecule has 0 bridgehead atoms. The Labute approximate surface area is 182 Å². The first kappa shape index (κ1) is 23.2. The van der Waals surface area contributed by atoms with Crippen LogP contribution in [-0.4, -0.2) is 26.6 Å². The van der Waals surface area contributed by atoms with Crippen LogP contribution in [0.4, 0.5) is 14.5 Å². The average Bonchev–Trinajstić information content (AvgIpc) is 2.73. The standard InChI is InChI=1S/C23H28F2N2O3S/c1-4-22(18-10-9-16-7-5-6-8-17(16)13-18)26-23(28)15(2)27(31(3,29)30)19-11-12-20(24)21(25)14-19/h9-15,22H,4-8H2,1-3H3,(H,26,28)/t15-,22+/m1/s1. The summed E-state index contributed by atoms with van der Waals surface area (Å²) in [6, 6.07) is 7.57. The zero-order valence-electron chi connectivity index (χ0n) is 18.0. The Hall–Kier alpha value is -2.48. The number of anilines is 1. The number of sulfonamides is 1. The van der Waals surface area contributed by atoms with Crippen LogP contribution in [0.5, 0.6) is 0 Å². The molecular formula is C23H28F2N2O3S. The molecule has 0 radical (unpaired) electrons. The maximum Gasteiger partial charge on any atom is 0.244 e. The smallest absolute Gasteiger partial charge is 0.244 e. The van der Waals surface area contributed by atoms with E-state index in [2.05, 4.69) is 17.4 Å². The highest BCUT2D eigenvalue weighted by molar-refractivity contribution is 7.92. The molecule has 0 heterocycles. The van der Waals surface area contributed by atoms with Gasteiger partial charge in [-0.3, -0.25) is 9.10 Å². The van der Waals surface area contributed by atoms with Gasteiger partial charge in [-0.15, -0.1) is 0 Å². The van der Waals surface area contributed by atoms with Crippen LogP contribution in [0.3, 0.4) is 0 Å². The average molecular weight is 451 g/mol. The van der Waals surface area contributed by atoms with Crippen LogP contribution in [0.1, 0.15) is 55.8 Å². The number of rotatable bonds is 7. The molecule has 2 aromatic carbocycles. The minimum Gasteiger partial charge on any atom is -0.347 e. The van der Waals surface area contributed by atoms with Gasteiger partial charge in [0.2, 0.25) is 15.9 Å². The van der Waals surface area contributed by atoms with Crippen molar-refractivity contribution in [2.75, 3.05) is 10.6 Å². The number of hydrogen-bond acceptors (Lipinski definition) is 3. The summed E-state index contributed by atoms with van der Waals surface area (Å²) in [6.45, 7) is 3.37. The summed E-state index contributed by atoms with van der Waals surface area (Å²) in [4.78, 5) is 13.0. The number of fused-ring (bicyclic) bond motifs is 1. The lowest BCUT2D eigenvalue weighted by Gasteiger charge is -2.30. The Morgan fingerprint density at radius 1 is 1.06 bits per heavy atom. The molecule has 2 aromatic rings. The number of aryl methyl sites for hydroxylation is 2. The van der Waals surface area contributed by atoms with E-state index in [1.54, 1.807) is 0 Å². The molecule has 31 heavy (non-hydrogen) atoms. The van der Waals surface area contributed by atoms with Gasteiger partial charge < -0.3 is 5.32 Å². The lowest BCUT2D eigenvalue weighted by atomic mass is 9.88. The zero-order chi connectivity index (χ0) is 22.8. The monoisotopic (exact) mass is 450 g/mol. The third-order valence-corrected chi connectivity index (χ3v) is 6.99. The first-order valence-corrected chi connectivity index (χ1v) is 12.3. The fourth-order valence-corrected chi connectivity index (χ4v) is 5.28. The van der Waals surface area contributed by atoms with E-state index in [4.69, 9.17) is 0 Å². The van der Waals surface area contributed by atoms with E-state index in [1.165, 1.54) is 24.5 Å². The minimum absolute atomic E-state index is 0.106. The molecule has 0 spiro atoms. The van der Waals surface area contributed by atoms with Gasteiger partial charge in [0.15, 0.2) is 11.6 Å². The Bertz CT molecular complexity index is 1070. The number of nitrogens with zero attached hydrogens (tertiary/aromatic N) is 1. The van der Waals surface area contributed by atoms with E-state index in [-0.39, 0.29) is 11.7 Å². The SMILES string of the molecule is CC[C@H](NC(=O)[C@@H](C)N(c1ccc(F)c(F)c1)S(C)(=O)=O)c1ccc2c(c1)CCCC2. The molecule has 3 rings (SSSR count). The van der Waals surface area contributed by atoms with Gasteiger partial charge in [0.25, 0.3) is 0 Å². The summed E-state index contributed by atoms with van der Waals surface area (Å²) in [7, 11) is -3.93. The van der Waals surface area contributed by atoms with Crippen molar-refractivity contribution in [2.24, 2.45) is 0 Å². The van der Waals surface area contributed by atoms with Crippen molar-refractivity contribution in [3.63, 3.8) is 0 Å². The molecule has 0 saturated heterocycles. The summed E-state index contributed by atoms with van der Waals surface area (Å²) in [5.41, 5.74) is 3.50. The Morgan fingerprint density at radius 3 is 2.35 bits per heavy atom. The summed E-state index contributed by atoms with van der Waals surface area (Å²) >= 11 is 0. The first-order chi connectivity index (χ1) is 14.6. The van der Waals surface area contributed by atoms with E-state index >= 15 is 0 Å². The highest BCUT2D eigenvalue weighted by Gasteiger charge is 2.31. The van der Waals surface area contributed by atoms with E-state index in [1.807, 2.05) is 13.0 Å². The Morgan fingerprint density at radius 2 is 1.74 bits per heavy atom. The summed E-state index contributed by atoms with van der Waals surface area (Å²) in [5, 5.41) is 2.93. The molecule has 0 aromatic heterocycles. The molecule has 1 amide bonds. The van der Waals surface area contributed by atoms with Crippen molar-refractivity contribution in [2.45, 2.75) is 58.0 Å². The molecule has 1 N–H and O–H groups in total. The number of carbonyl (C=O) groups is 1. The first-order valence-electron chi connectivity index (χ1n) is 10.5. The highest BCUT2D eigenvalue weighted by Crippen LogP contribution is 2.27. The lowest BCUT2D eigenvalue weighted by Crippen LogP contribution is -2.48. The number of nitrogens with one attached hydrogen (secondary N) is 1. The Kier molecular flexibility index (Phi) is 6.99. The molecule has 0 aliphatic heterocycles. The van der Waals surface area contributed by atoms with Crippen molar-refractivity contribution in [1.82, 2.24) is 5.32 Å². The van der Waals surface area contributed by atoms with Crippen molar-refractivity contribution in [3.8, 4) is 0 Å². The van der Waals surface area contributed by atoms with Crippen LogP contribution in [0.15, 0.2) is 36.4 Å². The molecule has 1 aliphatic carbocycles. The predicted octanol–water partition coefficient (Wildman–Crippen LogP) is 4.27. The molecule has 8 heteroatoms. The van der Waals surface area contributed by atoms with Gasteiger partial charge in [-0.05, 0) is 67.9 Å². The fourth-order valence-electron chi connectivity index (χ4n) is 4.11. The number of carbonyl (C=O) groups excluding carboxylic acids is 1. The van der Waals surface area contributed by atoms with E-state index in [9.17, 15) is 22.0 Å². The van der Waals surface area contributed by atoms with Crippen LogP contribution in [0.25, 0.3) is 0 Å². The highest BCUT2D eigenvalue weighted by atomic mass is 32.2. The summed E-state index contributed by atoms with van der Waals surface area (Å²) in [5.74, 6) is -2.79. The van der Waals surface area contributed by atoms with E-state index in [0.29, 0.717) is 6.42 Å². The normalized spacial score (nSPS) is 15.6. The second kappa shape index (κ2) is 9.34. The van der Waals surface area contributed by atoms with Crippen LogP contribution in [-0.2, 0) is 27.7 Å². The van der Waals surface area contributed by atoms with Gasteiger partial charge in [-0.2, -0.15) is 0 Å². The third-order valence-electron chi connectivity index (χ3n) is 5.75. The van der Waals surface area contributed by atoms with Gasteiger partial charge in [0.1, 0.15) is 6.04 Å². The minimum atomic E-state index is -3.93. The fraction of sp³-hybridized carbons (Fsp3) is 0.435. The van der Waals surface area contributed by atoms with E-state index in [0.717, 1.165) is 53.6 Å². The lowest BCUT2D eigenvalue weighted by molar-refractivity contribution is -0.122. The number of hydrogen-bond donors (Lipinski definition) is 1. The maximum atomic E-state index is 13.7. The third kappa shape index (κ3) is 5.23. The van der Waals surface area contributed by atoms with Crippen molar-refractivity contribution in [1.29, 1.82) is 0 Å². The topological polar surface area (TPSA) is 66.5 Å². The van der Waals surface area contributed by atoms with Crippen LogP contribution in [0.2, 0.25) is 0 Å². The second-order valence-electron chi connectivity index (χ2n) is 8.04. The quantitative estimate of drug-likeness (QED) is 0.685. The van der Waals surface area contributed by atoms with Gasteiger partial charge >= 0.3 is 0 Å². The maximum absolute atomic E-state index is 13.7. The summed E-state index contributed by atoms with van der Waals surface area (Å²) < 4.78 is 52.6. The van der Waals surface area contributed by atoms with Gasteiger partial charge in [-0.1, -0.05) is 25.1 Å². The molecule has 0 unspecified atom stereocenters. The molecule has 5 nitrogen and oxygen atoms in total. The molecule has 1 aliphatic rings. The van der Waals surface area contributed by atoms with Crippen LogP contribution >= 0.6 is 0 Å². The van der Waals surface area contributed by atoms with Crippen molar-refractivity contribution >= 4 is 21.6 Å². The number of amides is 1. The number of benzene rings is 2. The Balaban J connectivity index is 1.84. The van der Waals surface area contributed by atoms with Gasteiger partial charge in [0.05, 0.1) is 18.0 Å². The van der Waals surface area contributed by atoms with Crippen molar-refractivity contribution in [3.05, 3.63) is 64.7 Å². The molecule has 0 saturated carbocycles. The van der Waals surface area contributed by atoms with Gasteiger partial charge in [0, 0.05) is 6.07 Å². The summed E-state index contributed by atoms with van der Waals surface area (Å²) in [6.07, 6.45) is 5.96. The molecular weight excluding hydrogens is 422 g/mol. The predicted molar refractivity (Wildman–Crippen MR) is 117 cm³/mol. The zero-order valence-corrected chi connectivity index (χ0v) is 18.8. The van der Waals surface area contributed by atoms with E-state index < -0.39 is 33.6 Å². The van der Waals surface area contributed by atoms with Gasteiger partial charge in [-0.25, -0.2) is 17.2 Å². The largest absolute Gasteiger partial charge is 0.347 e. The molecule has 2 atom stereocenters. The van der Waals surface area contributed by atoms with Crippen molar-refractivity contribution < 1.29 is 22.0 Å². The number of halogens is 2. The molecule has 168 valence electrons. The molecule has 0 fully saturated rings.